The molecule has 0 spiro atoms. The zero-order valence-electron chi connectivity index (χ0n) is 22.8. The summed E-state index contributed by atoms with van der Waals surface area (Å²) in [6.45, 7) is 3.81. The van der Waals surface area contributed by atoms with Crippen molar-refractivity contribution in [1.82, 2.24) is 9.21 Å². The highest BCUT2D eigenvalue weighted by atomic mass is 32.2. The van der Waals surface area contributed by atoms with Crippen molar-refractivity contribution in [2.75, 3.05) is 32.1 Å². The maximum Gasteiger partial charge on any atom is 0.252 e. The van der Waals surface area contributed by atoms with E-state index in [0.29, 0.717) is 17.0 Å². The van der Waals surface area contributed by atoms with E-state index < -0.39 is 22.2 Å². The lowest BCUT2D eigenvalue weighted by Crippen LogP contribution is -2.48. The summed E-state index contributed by atoms with van der Waals surface area (Å²) in [5, 5.41) is 14.5. The van der Waals surface area contributed by atoms with E-state index in [2.05, 4.69) is 5.32 Å². The lowest BCUT2D eigenvalue weighted by Gasteiger charge is -2.33. The highest BCUT2D eigenvalue weighted by Crippen LogP contribution is 2.30. The number of ether oxygens (including phenoxy) is 1. The third-order valence-electron chi connectivity index (χ3n) is 7.00. The van der Waals surface area contributed by atoms with Gasteiger partial charge in [0.15, 0.2) is 0 Å². The third kappa shape index (κ3) is 7.08. The minimum absolute atomic E-state index is 0.00480. The lowest BCUT2D eigenvalue weighted by molar-refractivity contribution is -0.134. The molecule has 1 aliphatic heterocycles. The predicted octanol–water partition coefficient (Wildman–Crippen LogP) is 3.40. The van der Waals surface area contributed by atoms with Crippen molar-refractivity contribution in [2.24, 2.45) is 5.92 Å². The normalized spacial score (nSPS) is 18.7. The van der Waals surface area contributed by atoms with Gasteiger partial charge in [-0.05, 0) is 42.1 Å². The molecule has 11 heteroatoms. The Morgan fingerprint density at radius 3 is 2.62 bits per heavy atom. The maximum absolute atomic E-state index is 13.4. The van der Waals surface area contributed by atoms with Crippen LogP contribution in [-0.2, 0) is 32.5 Å². The minimum atomic E-state index is -3.71. The van der Waals surface area contributed by atoms with Gasteiger partial charge in [0.2, 0.25) is 11.8 Å². The Labute approximate surface area is 239 Å². The second-order valence-corrected chi connectivity index (χ2v) is 13.4. The quantitative estimate of drug-likeness (QED) is 0.398. The van der Waals surface area contributed by atoms with Crippen molar-refractivity contribution < 1.29 is 27.9 Å². The molecule has 0 aliphatic carbocycles. The fourth-order valence-corrected chi connectivity index (χ4v) is 7.01. The van der Waals surface area contributed by atoms with Crippen LogP contribution < -0.4 is 10.1 Å². The number of hydrogen-bond donors (Lipinski definition) is 2. The van der Waals surface area contributed by atoms with Gasteiger partial charge in [0.05, 0.1) is 32.0 Å². The zero-order chi connectivity index (χ0) is 28.9. The van der Waals surface area contributed by atoms with Crippen LogP contribution in [0.15, 0.2) is 70.3 Å². The van der Waals surface area contributed by atoms with Crippen LogP contribution >= 0.6 is 11.3 Å². The summed E-state index contributed by atoms with van der Waals surface area (Å²) < 4.78 is 34.2. The molecule has 0 radical (unpaired) electrons. The van der Waals surface area contributed by atoms with Crippen molar-refractivity contribution in [3.8, 4) is 5.75 Å². The van der Waals surface area contributed by atoms with Gasteiger partial charge in [0.1, 0.15) is 16.1 Å². The van der Waals surface area contributed by atoms with Gasteiger partial charge in [-0.2, -0.15) is 4.31 Å². The van der Waals surface area contributed by atoms with E-state index in [9.17, 15) is 23.1 Å². The number of hydrogen-bond acceptors (Lipinski definition) is 7. The molecule has 0 bridgehead atoms. The molecule has 40 heavy (non-hydrogen) atoms. The summed E-state index contributed by atoms with van der Waals surface area (Å²) in [7, 11) is -2.20. The van der Waals surface area contributed by atoms with Gasteiger partial charge in [0, 0.05) is 30.8 Å². The van der Waals surface area contributed by atoms with Crippen molar-refractivity contribution in [3.63, 3.8) is 0 Å². The van der Waals surface area contributed by atoms with Crippen LogP contribution in [0.2, 0.25) is 0 Å². The Bertz CT molecular complexity index is 1410. The number of aliphatic hydroxyl groups is 1. The monoisotopic (exact) mass is 585 g/mol. The average Bonchev–Trinajstić information content (AvgIpc) is 3.49. The van der Waals surface area contributed by atoms with Gasteiger partial charge in [-0.1, -0.05) is 43.3 Å². The van der Waals surface area contributed by atoms with Crippen LogP contribution in [0.1, 0.15) is 25.0 Å². The summed E-state index contributed by atoms with van der Waals surface area (Å²) in [5.41, 5.74) is 1.98. The molecule has 1 aromatic heterocycles. The second-order valence-electron chi connectivity index (χ2n) is 10.1. The second kappa shape index (κ2) is 12.9. The molecule has 4 rings (SSSR count). The molecule has 2 N–H and O–H groups in total. The first kappa shape index (κ1) is 29.7. The van der Waals surface area contributed by atoms with Crippen LogP contribution in [0.25, 0.3) is 0 Å². The summed E-state index contributed by atoms with van der Waals surface area (Å²) >= 11 is 1.15. The van der Waals surface area contributed by atoms with Gasteiger partial charge in [-0.3, -0.25) is 9.59 Å². The van der Waals surface area contributed by atoms with Gasteiger partial charge < -0.3 is 20.1 Å². The number of carbonyl (C=O) groups excluding carboxylic acids is 2. The fraction of sp³-hybridized carbons (Fsp3) is 0.379. The van der Waals surface area contributed by atoms with Gasteiger partial charge in [-0.25, -0.2) is 8.42 Å². The summed E-state index contributed by atoms with van der Waals surface area (Å²) in [6, 6.07) is 17.4. The Morgan fingerprint density at radius 2 is 1.95 bits per heavy atom. The summed E-state index contributed by atoms with van der Waals surface area (Å²) in [6.07, 6.45) is -0.374. The molecule has 9 nitrogen and oxygen atoms in total. The lowest BCUT2D eigenvalue weighted by atomic mass is 10.0. The fourth-order valence-electron chi connectivity index (χ4n) is 4.63. The van der Waals surface area contributed by atoms with Crippen LogP contribution in [-0.4, -0.2) is 73.4 Å². The predicted molar refractivity (Wildman–Crippen MR) is 155 cm³/mol. The third-order valence-corrected chi connectivity index (χ3v) is 10.2. The highest BCUT2D eigenvalue weighted by Gasteiger charge is 2.33. The van der Waals surface area contributed by atoms with Crippen molar-refractivity contribution in [1.29, 1.82) is 0 Å². The molecule has 1 aliphatic rings. The molecular weight excluding hydrogens is 550 g/mol. The van der Waals surface area contributed by atoms with Crippen molar-refractivity contribution in [2.45, 2.75) is 43.0 Å². The molecule has 0 saturated heterocycles. The van der Waals surface area contributed by atoms with E-state index in [1.807, 2.05) is 37.3 Å². The first-order chi connectivity index (χ1) is 19.1. The largest absolute Gasteiger partial charge is 0.488 e. The summed E-state index contributed by atoms with van der Waals surface area (Å²) in [4.78, 5) is 27.7. The molecule has 3 aromatic rings. The number of likely N-dealkylation sites (N-methyl/N-ethyl adjacent to an activating group) is 1. The van der Waals surface area contributed by atoms with Crippen LogP contribution in [0, 0.1) is 5.92 Å². The number of benzene rings is 2. The van der Waals surface area contributed by atoms with E-state index in [4.69, 9.17) is 4.74 Å². The van der Waals surface area contributed by atoms with Gasteiger partial charge >= 0.3 is 0 Å². The molecule has 2 amide bonds. The SMILES string of the molecule is C[C@H]1CN([C@@H](C)CO)C(=O)Cc2cc(NC(=O)Cc3ccccc3)ccc2O[C@@H]1CN(C)S(=O)(=O)c1cccs1. The molecule has 2 aromatic carbocycles. The van der Waals surface area contributed by atoms with Gasteiger partial charge in [-0.15, -0.1) is 11.3 Å². The Morgan fingerprint density at radius 1 is 1.20 bits per heavy atom. The Balaban J connectivity index is 1.61. The number of anilines is 1. The number of rotatable bonds is 9. The van der Waals surface area contributed by atoms with Crippen LogP contribution in [0.3, 0.4) is 0 Å². The van der Waals surface area contributed by atoms with Crippen LogP contribution in [0.5, 0.6) is 5.75 Å². The molecule has 0 fully saturated rings. The van der Waals surface area contributed by atoms with E-state index >= 15 is 0 Å². The van der Waals surface area contributed by atoms with E-state index in [1.165, 1.54) is 11.4 Å². The maximum atomic E-state index is 13.4. The summed E-state index contributed by atoms with van der Waals surface area (Å²) in [5.74, 6) is -0.183. The number of thiophene rings is 1. The zero-order valence-corrected chi connectivity index (χ0v) is 24.5. The molecule has 0 unspecified atom stereocenters. The average molecular weight is 586 g/mol. The molecule has 214 valence electrons. The van der Waals surface area contributed by atoms with E-state index in [-0.39, 0.29) is 54.5 Å². The number of aliphatic hydroxyl groups excluding tert-OH is 1. The number of nitrogens with zero attached hydrogens (tertiary/aromatic N) is 2. The number of fused-ring (bicyclic) bond motifs is 1. The molecule has 2 heterocycles. The Hall–Kier alpha value is -3.25. The number of amides is 2. The topological polar surface area (TPSA) is 116 Å². The van der Waals surface area contributed by atoms with Crippen LogP contribution in [0.4, 0.5) is 5.69 Å². The first-order valence-corrected chi connectivity index (χ1v) is 15.4. The number of nitrogens with one attached hydrogen (secondary N) is 1. The van der Waals surface area contributed by atoms with Gasteiger partial charge in [0.25, 0.3) is 10.0 Å². The molecule has 3 atom stereocenters. The van der Waals surface area contributed by atoms with Crippen molar-refractivity contribution >= 4 is 38.9 Å². The standard InChI is InChI=1S/C29H35N3O6S2/c1-20-17-32(21(2)19-33)28(35)16-23-15-24(30-27(34)14-22-8-5-4-6-9-22)11-12-25(23)38-26(20)18-31(3)40(36,37)29-10-7-13-39-29/h4-13,15,20-21,26,33H,14,16-19H2,1-3H3,(H,30,34)/t20-,21-,26+/m0/s1. The minimum Gasteiger partial charge on any atom is -0.488 e. The Kier molecular flexibility index (Phi) is 9.62. The first-order valence-electron chi connectivity index (χ1n) is 13.1. The highest BCUT2D eigenvalue weighted by molar-refractivity contribution is 7.91. The number of carbonyl (C=O) groups is 2. The molecular formula is C29H35N3O6S2. The van der Waals surface area contributed by atoms with Crippen molar-refractivity contribution in [3.05, 3.63) is 77.2 Å². The smallest absolute Gasteiger partial charge is 0.252 e. The van der Waals surface area contributed by atoms with E-state index in [1.54, 1.807) is 47.5 Å². The molecule has 0 saturated carbocycles. The number of sulfonamides is 1. The van der Waals surface area contributed by atoms with E-state index in [0.717, 1.165) is 16.9 Å².